The van der Waals surface area contributed by atoms with E-state index in [0.717, 1.165) is 17.5 Å². The molecule has 0 saturated heterocycles. The average Bonchev–Trinajstić information content (AvgIpc) is 2.46. The van der Waals surface area contributed by atoms with Gasteiger partial charge >= 0.3 is 6.16 Å². The lowest BCUT2D eigenvalue weighted by Gasteiger charge is -2.09. The standard InChI is InChI=1S/C17H18O3/c1-2-3-6-13-9-11-14(12-10-13)15-7-4-5-8-16(15)20-17(18)19/h4-5,7-12H,2-3,6H2,1H3,(H,18,19). The SMILES string of the molecule is CCCCc1ccc(-c2ccccc2OC(=O)O)cc1. The molecule has 1 N–H and O–H groups in total. The second-order valence-electron chi connectivity index (χ2n) is 4.66. The summed E-state index contributed by atoms with van der Waals surface area (Å²) in [5.41, 5.74) is 3.05. The molecule has 0 aliphatic rings. The second-order valence-corrected chi connectivity index (χ2v) is 4.66. The summed E-state index contributed by atoms with van der Waals surface area (Å²) in [5.74, 6) is 0.362. The molecule has 0 saturated carbocycles. The first-order valence-corrected chi connectivity index (χ1v) is 6.80. The molecule has 0 fully saturated rings. The maximum Gasteiger partial charge on any atom is 0.511 e. The zero-order valence-electron chi connectivity index (χ0n) is 11.5. The van der Waals surface area contributed by atoms with Gasteiger partial charge in [-0.2, -0.15) is 0 Å². The van der Waals surface area contributed by atoms with Crippen molar-refractivity contribution in [1.29, 1.82) is 0 Å². The zero-order chi connectivity index (χ0) is 14.4. The fourth-order valence-electron chi connectivity index (χ4n) is 2.12. The summed E-state index contributed by atoms with van der Waals surface area (Å²) in [6.07, 6.45) is 2.14. The molecule has 0 unspecified atom stereocenters. The van der Waals surface area contributed by atoms with E-state index >= 15 is 0 Å². The van der Waals surface area contributed by atoms with Crippen LogP contribution in [-0.4, -0.2) is 11.3 Å². The lowest BCUT2D eigenvalue weighted by atomic mass is 10.0. The van der Waals surface area contributed by atoms with Gasteiger partial charge in [-0.1, -0.05) is 55.8 Å². The molecule has 0 atom stereocenters. The van der Waals surface area contributed by atoms with Crippen LogP contribution in [0.25, 0.3) is 11.1 Å². The molecule has 3 heteroatoms. The van der Waals surface area contributed by atoms with E-state index in [2.05, 4.69) is 19.1 Å². The van der Waals surface area contributed by atoms with Gasteiger partial charge in [0, 0.05) is 5.56 Å². The molecule has 0 bridgehead atoms. The minimum atomic E-state index is -1.29. The van der Waals surface area contributed by atoms with Gasteiger partial charge in [0.15, 0.2) is 0 Å². The van der Waals surface area contributed by atoms with Crippen molar-refractivity contribution in [3.05, 3.63) is 54.1 Å². The number of benzene rings is 2. The molecular weight excluding hydrogens is 252 g/mol. The number of carbonyl (C=O) groups is 1. The molecular formula is C17H18O3. The Morgan fingerprint density at radius 3 is 2.45 bits per heavy atom. The monoisotopic (exact) mass is 270 g/mol. The Morgan fingerprint density at radius 1 is 1.10 bits per heavy atom. The first kappa shape index (κ1) is 14.1. The minimum absolute atomic E-state index is 0.362. The predicted molar refractivity (Wildman–Crippen MR) is 79.1 cm³/mol. The summed E-state index contributed by atoms with van der Waals surface area (Å²) in [6, 6.07) is 15.3. The van der Waals surface area contributed by atoms with E-state index in [9.17, 15) is 4.79 Å². The van der Waals surface area contributed by atoms with E-state index in [-0.39, 0.29) is 0 Å². The van der Waals surface area contributed by atoms with E-state index in [1.165, 1.54) is 18.4 Å². The van der Waals surface area contributed by atoms with Crippen molar-refractivity contribution in [2.75, 3.05) is 0 Å². The quantitative estimate of drug-likeness (QED) is 0.629. The van der Waals surface area contributed by atoms with Crippen LogP contribution in [0, 0.1) is 0 Å². The largest absolute Gasteiger partial charge is 0.511 e. The molecule has 0 heterocycles. The Morgan fingerprint density at radius 2 is 1.80 bits per heavy atom. The summed E-state index contributed by atoms with van der Waals surface area (Å²) in [5, 5.41) is 8.76. The first-order valence-electron chi connectivity index (χ1n) is 6.80. The van der Waals surface area contributed by atoms with Gasteiger partial charge in [0.1, 0.15) is 5.75 Å². The van der Waals surface area contributed by atoms with Gasteiger partial charge < -0.3 is 9.84 Å². The Balaban J connectivity index is 2.25. The molecule has 2 aromatic carbocycles. The molecule has 0 amide bonds. The summed E-state index contributed by atoms with van der Waals surface area (Å²) >= 11 is 0. The highest BCUT2D eigenvalue weighted by Crippen LogP contribution is 2.30. The van der Waals surface area contributed by atoms with Gasteiger partial charge in [-0.05, 0) is 30.0 Å². The van der Waals surface area contributed by atoms with Crippen molar-refractivity contribution in [2.45, 2.75) is 26.2 Å². The van der Waals surface area contributed by atoms with Crippen LogP contribution in [0.1, 0.15) is 25.3 Å². The average molecular weight is 270 g/mol. The van der Waals surface area contributed by atoms with Crippen LogP contribution in [0.3, 0.4) is 0 Å². The smallest absolute Gasteiger partial charge is 0.449 e. The summed E-state index contributed by atoms with van der Waals surface area (Å²) in [6.45, 7) is 2.17. The molecule has 20 heavy (non-hydrogen) atoms. The van der Waals surface area contributed by atoms with Gasteiger partial charge in [0.05, 0.1) is 0 Å². The van der Waals surface area contributed by atoms with Crippen LogP contribution in [0.2, 0.25) is 0 Å². The molecule has 3 nitrogen and oxygen atoms in total. The maximum absolute atomic E-state index is 10.7. The van der Waals surface area contributed by atoms with Crippen LogP contribution in [0.4, 0.5) is 4.79 Å². The zero-order valence-corrected chi connectivity index (χ0v) is 11.5. The third-order valence-corrected chi connectivity index (χ3v) is 3.17. The van der Waals surface area contributed by atoms with Gasteiger partial charge in [-0.25, -0.2) is 4.79 Å². The number of carboxylic acid groups (broad SMARTS) is 1. The van der Waals surface area contributed by atoms with E-state index in [0.29, 0.717) is 5.75 Å². The maximum atomic E-state index is 10.7. The van der Waals surface area contributed by atoms with E-state index < -0.39 is 6.16 Å². The summed E-state index contributed by atoms with van der Waals surface area (Å²) in [4.78, 5) is 10.7. The van der Waals surface area contributed by atoms with E-state index in [4.69, 9.17) is 9.84 Å². The van der Waals surface area contributed by atoms with E-state index in [1.54, 1.807) is 12.1 Å². The third-order valence-electron chi connectivity index (χ3n) is 3.17. The van der Waals surface area contributed by atoms with Crippen LogP contribution >= 0.6 is 0 Å². The van der Waals surface area contributed by atoms with Gasteiger partial charge in [0.25, 0.3) is 0 Å². The van der Waals surface area contributed by atoms with Crippen LogP contribution < -0.4 is 4.74 Å². The molecule has 0 aliphatic heterocycles. The highest BCUT2D eigenvalue weighted by Gasteiger charge is 2.08. The summed E-state index contributed by atoms with van der Waals surface area (Å²) in [7, 11) is 0. The predicted octanol–water partition coefficient (Wildman–Crippen LogP) is 4.75. The molecule has 2 rings (SSSR count). The number of para-hydroxylation sites is 1. The number of aryl methyl sites for hydroxylation is 1. The van der Waals surface area contributed by atoms with Crippen molar-refractivity contribution >= 4 is 6.16 Å². The number of hydrogen-bond acceptors (Lipinski definition) is 2. The number of hydrogen-bond donors (Lipinski definition) is 1. The molecule has 0 spiro atoms. The molecule has 0 aromatic heterocycles. The van der Waals surface area contributed by atoms with Crippen molar-refractivity contribution in [2.24, 2.45) is 0 Å². The van der Waals surface area contributed by atoms with Gasteiger partial charge in [-0.15, -0.1) is 0 Å². The van der Waals surface area contributed by atoms with Crippen molar-refractivity contribution in [3.8, 4) is 16.9 Å². The number of rotatable bonds is 5. The number of ether oxygens (including phenoxy) is 1. The molecule has 2 aromatic rings. The van der Waals surface area contributed by atoms with Crippen LogP contribution in [0.5, 0.6) is 5.75 Å². The lowest BCUT2D eigenvalue weighted by Crippen LogP contribution is -2.03. The van der Waals surface area contributed by atoms with Crippen LogP contribution in [-0.2, 0) is 6.42 Å². The third kappa shape index (κ3) is 3.60. The van der Waals surface area contributed by atoms with Gasteiger partial charge in [-0.3, -0.25) is 0 Å². The van der Waals surface area contributed by atoms with Crippen molar-refractivity contribution in [1.82, 2.24) is 0 Å². The Kier molecular flexibility index (Phi) is 4.77. The Hall–Kier alpha value is -2.29. The van der Waals surface area contributed by atoms with Crippen molar-refractivity contribution < 1.29 is 14.6 Å². The summed E-state index contributed by atoms with van der Waals surface area (Å²) < 4.78 is 4.81. The van der Waals surface area contributed by atoms with E-state index in [1.807, 2.05) is 24.3 Å². The fraction of sp³-hybridized carbons (Fsp3) is 0.235. The van der Waals surface area contributed by atoms with Crippen molar-refractivity contribution in [3.63, 3.8) is 0 Å². The highest BCUT2D eigenvalue weighted by molar-refractivity contribution is 5.74. The first-order chi connectivity index (χ1) is 9.70. The lowest BCUT2D eigenvalue weighted by molar-refractivity contribution is 0.144. The highest BCUT2D eigenvalue weighted by atomic mass is 16.7. The Bertz CT molecular complexity index is 573. The molecule has 0 aliphatic carbocycles. The van der Waals surface area contributed by atoms with Gasteiger partial charge in [0.2, 0.25) is 0 Å². The minimum Gasteiger partial charge on any atom is -0.449 e. The number of unbranched alkanes of at least 4 members (excludes halogenated alkanes) is 1. The fourth-order valence-corrected chi connectivity index (χ4v) is 2.12. The normalized spacial score (nSPS) is 10.2. The Labute approximate surface area is 118 Å². The topological polar surface area (TPSA) is 46.5 Å². The molecule has 0 radical (unpaired) electrons. The second kappa shape index (κ2) is 6.75. The molecule has 104 valence electrons. The van der Waals surface area contributed by atoms with Crippen LogP contribution in [0.15, 0.2) is 48.5 Å².